The Morgan fingerprint density at radius 3 is 2.62 bits per heavy atom. The summed E-state index contributed by atoms with van der Waals surface area (Å²) >= 11 is 0. The third-order valence-corrected chi connectivity index (χ3v) is 7.28. The van der Waals surface area contributed by atoms with Crippen LogP contribution in [-0.2, 0) is 20.9 Å². The van der Waals surface area contributed by atoms with Crippen molar-refractivity contribution in [2.75, 3.05) is 31.6 Å². The quantitative estimate of drug-likeness (QED) is 0.722. The van der Waals surface area contributed by atoms with Crippen molar-refractivity contribution in [2.45, 2.75) is 77.5 Å². The zero-order chi connectivity index (χ0) is 22.7. The zero-order valence-electron chi connectivity index (χ0n) is 19.4. The van der Waals surface area contributed by atoms with Crippen LogP contribution in [0, 0.1) is 18.7 Å². The third kappa shape index (κ3) is 5.49. The van der Waals surface area contributed by atoms with Gasteiger partial charge in [-0.3, -0.25) is 14.5 Å². The lowest BCUT2D eigenvalue weighted by atomic mass is 10.0. The fourth-order valence-electron chi connectivity index (χ4n) is 5.40. The third-order valence-electron chi connectivity index (χ3n) is 7.28. The van der Waals surface area contributed by atoms with E-state index < -0.39 is 0 Å². The molecule has 0 aromatic heterocycles. The maximum atomic E-state index is 14.4. The van der Waals surface area contributed by atoms with Gasteiger partial charge < -0.3 is 15.0 Å². The molecule has 1 aromatic carbocycles. The van der Waals surface area contributed by atoms with E-state index in [1.165, 1.54) is 6.07 Å². The van der Waals surface area contributed by atoms with Crippen LogP contribution in [0.3, 0.4) is 0 Å². The molecule has 176 valence electrons. The van der Waals surface area contributed by atoms with E-state index in [9.17, 15) is 14.0 Å². The Morgan fingerprint density at radius 2 is 1.94 bits per heavy atom. The molecule has 32 heavy (non-hydrogen) atoms. The number of piperazine rings is 1. The highest BCUT2D eigenvalue weighted by Gasteiger charge is 2.33. The predicted molar refractivity (Wildman–Crippen MR) is 122 cm³/mol. The number of carbonyl (C=O) groups excluding carboxylic acids is 2. The molecule has 4 rings (SSSR count). The van der Waals surface area contributed by atoms with Crippen LogP contribution in [-0.4, -0.2) is 60.0 Å². The highest BCUT2D eigenvalue weighted by atomic mass is 19.1. The van der Waals surface area contributed by atoms with Gasteiger partial charge in [0.2, 0.25) is 11.8 Å². The summed E-state index contributed by atoms with van der Waals surface area (Å²) in [6, 6.07) is 3.11. The van der Waals surface area contributed by atoms with Crippen molar-refractivity contribution in [2.24, 2.45) is 5.92 Å². The van der Waals surface area contributed by atoms with Crippen molar-refractivity contribution in [3.63, 3.8) is 0 Å². The molecule has 0 bridgehead atoms. The highest BCUT2D eigenvalue weighted by molar-refractivity contribution is 5.92. The van der Waals surface area contributed by atoms with Crippen LogP contribution in [0.1, 0.15) is 63.0 Å². The van der Waals surface area contributed by atoms with Gasteiger partial charge in [-0.05, 0) is 62.8 Å². The minimum Gasteiger partial charge on any atom is -0.378 e. The number of hydrogen-bond donors (Lipinski definition) is 1. The molecule has 2 atom stereocenters. The van der Waals surface area contributed by atoms with Crippen molar-refractivity contribution in [1.29, 1.82) is 0 Å². The van der Waals surface area contributed by atoms with Crippen LogP contribution in [0.5, 0.6) is 0 Å². The Balaban J connectivity index is 1.36. The van der Waals surface area contributed by atoms with Gasteiger partial charge in [-0.1, -0.05) is 12.8 Å². The maximum absolute atomic E-state index is 14.4. The monoisotopic (exact) mass is 445 g/mol. The van der Waals surface area contributed by atoms with E-state index in [1.54, 1.807) is 6.07 Å². The lowest BCUT2D eigenvalue weighted by molar-refractivity contribution is -0.140. The van der Waals surface area contributed by atoms with Gasteiger partial charge in [-0.25, -0.2) is 4.39 Å². The molecule has 2 saturated heterocycles. The Morgan fingerprint density at radius 1 is 1.16 bits per heavy atom. The molecule has 6 nitrogen and oxygen atoms in total. The second-order valence-electron chi connectivity index (χ2n) is 9.72. The van der Waals surface area contributed by atoms with Crippen LogP contribution in [0.4, 0.5) is 10.1 Å². The van der Waals surface area contributed by atoms with Crippen molar-refractivity contribution < 1.29 is 18.7 Å². The molecule has 0 spiro atoms. The largest absolute Gasteiger partial charge is 0.378 e. The topological polar surface area (TPSA) is 61.9 Å². The summed E-state index contributed by atoms with van der Waals surface area (Å²) in [6.45, 7) is 7.62. The summed E-state index contributed by atoms with van der Waals surface area (Å²) in [7, 11) is 0. The molecular weight excluding hydrogens is 409 g/mol. The summed E-state index contributed by atoms with van der Waals surface area (Å²) in [5.41, 5.74) is 2.30. The molecule has 3 fully saturated rings. The average Bonchev–Trinajstić information content (AvgIpc) is 3.45. The number of benzene rings is 1. The molecule has 2 heterocycles. The molecule has 0 radical (unpaired) electrons. The Hall–Kier alpha value is -1.99. The number of carbonyl (C=O) groups is 2. The van der Waals surface area contributed by atoms with Gasteiger partial charge in [0.1, 0.15) is 5.82 Å². The summed E-state index contributed by atoms with van der Waals surface area (Å²) in [5, 5.41) is 2.89. The van der Waals surface area contributed by atoms with Gasteiger partial charge in [-0.2, -0.15) is 0 Å². The fourth-order valence-corrected chi connectivity index (χ4v) is 5.40. The molecule has 2 aliphatic heterocycles. The van der Waals surface area contributed by atoms with Gasteiger partial charge in [0.05, 0.1) is 12.5 Å². The Bertz CT molecular complexity index is 834. The van der Waals surface area contributed by atoms with Gasteiger partial charge >= 0.3 is 0 Å². The zero-order valence-corrected chi connectivity index (χ0v) is 19.4. The first kappa shape index (κ1) is 23.2. The van der Waals surface area contributed by atoms with Crippen molar-refractivity contribution in [1.82, 2.24) is 9.80 Å². The van der Waals surface area contributed by atoms with Gasteiger partial charge in [0, 0.05) is 50.4 Å². The maximum Gasteiger partial charge on any atom is 0.226 e. The molecule has 3 aliphatic rings. The van der Waals surface area contributed by atoms with Crippen molar-refractivity contribution >= 4 is 17.5 Å². The molecule has 2 amide bonds. The van der Waals surface area contributed by atoms with Gasteiger partial charge in [-0.15, -0.1) is 0 Å². The summed E-state index contributed by atoms with van der Waals surface area (Å²) in [4.78, 5) is 29.6. The van der Waals surface area contributed by atoms with Crippen molar-refractivity contribution in [3.05, 3.63) is 29.1 Å². The second-order valence-corrected chi connectivity index (χ2v) is 9.72. The van der Waals surface area contributed by atoms with E-state index in [1.807, 2.05) is 11.8 Å². The molecular formula is C25H36FN3O3. The summed E-state index contributed by atoms with van der Waals surface area (Å²) in [6.07, 6.45) is 6.53. The fraction of sp³-hybridized carbons (Fsp3) is 0.680. The van der Waals surface area contributed by atoms with E-state index in [-0.39, 0.29) is 29.8 Å². The van der Waals surface area contributed by atoms with E-state index in [2.05, 4.69) is 17.1 Å². The van der Waals surface area contributed by atoms with Crippen LogP contribution in [0.15, 0.2) is 12.1 Å². The number of nitrogens with zero attached hydrogens (tertiary/aromatic N) is 2. The molecule has 2 unspecified atom stereocenters. The van der Waals surface area contributed by atoms with Gasteiger partial charge in [0.15, 0.2) is 0 Å². The molecule has 1 saturated carbocycles. The average molecular weight is 446 g/mol. The lowest BCUT2D eigenvalue weighted by Gasteiger charge is -2.41. The first-order chi connectivity index (χ1) is 15.4. The van der Waals surface area contributed by atoms with E-state index in [4.69, 9.17) is 4.74 Å². The Labute approximate surface area is 190 Å². The number of amides is 2. The van der Waals surface area contributed by atoms with Gasteiger partial charge in [0.25, 0.3) is 0 Å². The first-order valence-corrected chi connectivity index (χ1v) is 12.1. The van der Waals surface area contributed by atoms with Crippen LogP contribution < -0.4 is 5.32 Å². The number of anilines is 1. The van der Waals surface area contributed by atoms with E-state index >= 15 is 0 Å². The first-order valence-electron chi connectivity index (χ1n) is 12.1. The standard InChI is InChI=1S/C25H36FN3O3/c1-17-15-28(9-10-29(17)25(31)19-6-3-4-7-19)16-20-12-21(26)13-23(18(20)2)27-24(30)14-22-8-5-11-32-22/h12-13,17,19,22H,3-11,14-16H2,1-2H3,(H,27,30). The highest BCUT2D eigenvalue weighted by Crippen LogP contribution is 2.29. The van der Waals surface area contributed by atoms with Crippen LogP contribution >= 0.6 is 0 Å². The second kappa shape index (κ2) is 10.3. The number of ether oxygens (including phenoxy) is 1. The lowest BCUT2D eigenvalue weighted by Crippen LogP contribution is -2.54. The normalized spacial score (nSPS) is 24.8. The molecule has 1 aromatic rings. The minimum atomic E-state index is -0.346. The summed E-state index contributed by atoms with van der Waals surface area (Å²) < 4.78 is 19.9. The molecule has 1 N–H and O–H groups in total. The summed E-state index contributed by atoms with van der Waals surface area (Å²) in [5.74, 6) is 0.0356. The number of nitrogens with one attached hydrogen (secondary N) is 1. The van der Waals surface area contributed by atoms with Crippen molar-refractivity contribution in [3.8, 4) is 0 Å². The van der Waals surface area contributed by atoms with Crippen LogP contribution in [0.2, 0.25) is 0 Å². The molecule has 7 heteroatoms. The van der Waals surface area contributed by atoms with Crippen LogP contribution in [0.25, 0.3) is 0 Å². The van der Waals surface area contributed by atoms with E-state index in [0.29, 0.717) is 31.2 Å². The number of halogens is 1. The number of hydrogen-bond acceptors (Lipinski definition) is 4. The number of rotatable bonds is 6. The SMILES string of the molecule is Cc1c(CN2CCN(C(=O)C3CCCC3)C(C)C2)cc(F)cc1NC(=O)CC1CCCO1. The van der Waals surface area contributed by atoms with E-state index in [0.717, 1.165) is 69.3 Å². The molecule has 1 aliphatic carbocycles. The predicted octanol–water partition coefficient (Wildman–Crippen LogP) is 3.86. The smallest absolute Gasteiger partial charge is 0.226 e. The minimum absolute atomic E-state index is 0.0342. The Kier molecular flexibility index (Phi) is 7.46.